The first-order valence-corrected chi connectivity index (χ1v) is 12.8. The lowest BCUT2D eigenvalue weighted by atomic mass is 10.1. The minimum absolute atomic E-state index is 0.229. The molecular formula is C20H28NP2+. The fourth-order valence-electron chi connectivity index (χ4n) is 5.14. The Hall–Kier alpha value is -0.480. The molecule has 4 rings (SSSR count). The zero-order valence-electron chi connectivity index (χ0n) is 15.2. The van der Waals surface area contributed by atoms with Crippen molar-refractivity contribution in [3.05, 3.63) is 35.4 Å². The molecule has 0 saturated carbocycles. The van der Waals surface area contributed by atoms with Gasteiger partial charge in [-0.05, 0) is 83.3 Å². The van der Waals surface area contributed by atoms with Gasteiger partial charge in [-0.1, -0.05) is 12.1 Å². The van der Waals surface area contributed by atoms with Crippen LogP contribution in [-0.4, -0.2) is 30.1 Å². The maximum Gasteiger partial charge on any atom is 0.169 e. The summed E-state index contributed by atoms with van der Waals surface area (Å²) < 4.78 is 2.58. The van der Waals surface area contributed by atoms with Crippen LogP contribution in [0.15, 0.2) is 24.3 Å². The molecular weight excluding hydrogens is 316 g/mol. The Balaban J connectivity index is 2.16. The first-order chi connectivity index (χ1) is 10.9. The van der Waals surface area contributed by atoms with Crippen molar-refractivity contribution in [1.29, 1.82) is 0 Å². The lowest BCUT2D eigenvalue weighted by Crippen LogP contribution is -2.26. The molecule has 1 nitrogen and oxygen atoms in total. The maximum atomic E-state index is 2.58. The highest BCUT2D eigenvalue weighted by Crippen LogP contribution is 2.90. The average molecular weight is 344 g/mol. The molecule has 3 heteroatoms. The molecule has 2 aromatic carbocycles. The van der Waals surface area contributed by atoms with E-state index < -0.39 is 6.95 Å². The minimum Gasteiger partial charge on any atom is -0.252 e. The van der Waals surface area contributed by atoms with E-state index in [9.17, 15) is 0 Å². The smallest absolute Gasteiger partial charge is 0.169 e. The number of rotatable bonds is 3. The first-order valence-electron chi connectivity index (χ1n) is 8.85. The molecule has 0 radical (unpaired) electrons. The number of hydrogen-bond acceptors (Lipinski definition) is 1. The van der Waals surface area contributed by atoms with E-state index in [4.69, 9.17) is 0 Å². The second-order valence-electron chi connectivity index (χ2n) is 7.80. The molecule has 2 aliphatic rings. The highest BCUT2D eigenvalue weighted by atomic mass is 32.1. The van der Waals surface area contributed by atoms with Crippen LogP contribution in [0.5, 0.6) is 0 Å². The molecule has 1 unspecified atom stereocenters. The van der Waals surface area contributed by atoms with Crippen LogP contribution < -0.4 is 10.6 Å². The molecule has 23 heavy (non-hydrogen) atoms. The van der Waals surface area contributed by atoms with E-state index in [1.54, 1.807) is 32.5 Å². The Bertz CT molecular complexity index is 774. The topological polar surface area (TPSA) is 3.24 Å². The van der Waals surface area contributed by atoms with Gasteiger partial charge in [0.2, 0.25) is 0 Å². The largest absolute Gasteiger partial charge is 0.252 e. The van der Waals surface area contributed by atoms with Gasteiger partial charge in [-0.2, -0.15) is 0 Å². The second-order valence-corrected chi connectivity index (χ2v) is 16.8. The summed E-state index contributed by atoms with van der Waals surface area (Å²) in [6.45, 7) is 8.70. The zero-order chi connectivity index (χ0) is 16.5. The summed E-state index contributed by atoms with van der Waals surface area (Å²) in [6, 6.07) is 9.94. The quantitative estimate of drug-likeness (QED) is 0.715. The molecule has 0 aromatic heterocycles. The van der Waals surface area contributed by atoms with E-state index in [0.29, 0.717) is 0 Å². The predicted octanol–water partition coefficient (Wildman–Crippen LogP) is 4.91. The van der Waals surface area contributed by atoms with Gasteiger partial charge in [-0.25, -0.2) is 0 Å². The van der Waals surface area contributed by atoms with Gasteiger partial charge in [0.05, 0.1) is 18.3 Å². The average Bonchev–Trinajstić information content (AvgIpc) is 3.01. The lowest BCUT2D eigenvalue weighted by Gasteiger charge is -2.38. The normalized spacial score (nSPS) is 21.3. The first kappa shape index (κ1) is 16.0. The van der Waals surface area contributed by atoms with E-state index in [1.165, 1.54) is 12.8 Å². The Kier molecular flexibility index (Phi) is 3.66. The van der Waals surface area contributed by atoms with E-state index >= 15 is 0 Å². The summed E-state index contributed by atoms with van der Waals surface area (Å²) in [5, 5.41) is 6.74. The summed E-state index contributed by atoms with van der Waals surface area (Å²) in [5.74, 6) is 0. The Labute approximate surface area is 142 Å². The number of nitrogens with zero attached hydrogens (tertiary/aromatic N) is 1. The molecule has 122 valence electrons. The SMILES string of the molecule is CC(C)[P+]1(C(C)C)c2ccc3c4c(ccc(c24)P1N(C)C)CC3. The Morgan fingerprint density at radius 2 is 1.43 bits per heavy atom. The fourth-order valence-corrected chi connectivity index (χ4v) is 18.6. The Morgan fingerprint density at radius 3 is 1.96 bits per heavy atom. The summed E-state index contributed by atoms with van der Waals surface area (Å²) in [4.78, 5) is 0. The molecule has 2 aromatic rings. The third-order valence-corrected chi connectivity index (χ3v) is 19.3. The molecule has 0 saturated heterocycles. The van der Waals surface area contributed by atoms with Crippen LogP contribution in [0.2, 0.25) is 0 Å². The Morgan fingerprint density at radius 1 is 0.870 bits per heavy atom. The molecule has 1 atom stereocenters. The molecule has 0 fully saturated rings. The minimum atomic E-state index is -1.24. The van der Waals surface area contributed by atoms with Crippen molar-refractivity contribution in [3.63, 3.8) is 0 Å². The van der Waals surface area contributed by atoms with E-state index in [-0.39, 0.29) is 7.76 Å². The fraction of sp³-hybridized carbons (Fsp3) is 0.500. The lowest BCUT2D eigenvalue weighted by molar-refractivity contribution is 0.692. The standard InChI is InChI=1S/C20H28NP2/c1-13(2)23(14(3)4)18-12-10-16-8-7-15-9-11-17(20(18)19(15)16)22(23)21(5)6/h9-14H,7-8H2,1-6H3/q+1. The maximum absolute atomic E-state index is 2.58. The number of benzene rings is 2. The van der Waals surface area contributed by atoms with Crippen molar-refractivity contribution in [2.75, 3.05) is 14.1 Å². The van der Waals surface area contributed by atoms with Crippen LogP contribution in [0.4, 0.5) is 0 Å². The van der Waals surface area contributed by atoms with Crippen LogP contribution in [0, 0.1) is 0 Å². The van der Waals surface area contributed by atoms with Gasteiger partial charge >= 0.3 is 0 Å². The van der Waals surface area contributed by atoms with Gasteiger partial charge in [0.1, 0.15) is 5.30 Å². The molecule has 1 aliphatic heterocycles. The molecule has 0 N–H and O–H groups in total. The third kappa shape index (κ3) is 1.85. The van der Waals surface area contributed by atoms with Crippen LogP contribution in [0.3, 0.4) is 0 Å². The van der Waals surface area contributed by atoms with Crippen molar-refractivity contribution in [2.45, 2.75) is 51.9 Å². The number of aryl methyl sites for hydroxylation is 2. The third-order valence-electron chi connectivity index (χ3n) is 5.82. The summed E-state index contributed by atoms with van der Waals surface area (Å²) in [5.41, 5.74) is 4.70. The van der Waals surface area contributed by atoms with Gasteiger partial charge in [0.25, 0.3) is 0 Å². The highest BCUT2D eigenvalue weighted by molar-refractivity contribution is 8.45. The van der Waals surface area contributed by atoms with Crippen LogP contribution in [-0.2, 0) is 12.8 Å². The van der Waals surface area contributed by atoms with Gasteiger partial charge in [-0.15, -0.1) is 0 Å². The highest BCUT2D eigenvalue weighted by Gasteiger charge is 2.61. The molecule has 0 amide bonds. The molecule has 1 aliphatic carbocycles. The zero-order valence-corrected chi connectivity index (χ0v) is 17.0. The van der Waals surface area contributed by atoms with Crippen molar-refractivity contribution >= 4 is 36.1 Å². The van der Waals surface area contributed by atoms with Crippen LogP contribution in [0.1, 0.15) is 38.8 Å². The summed E-state index contributed by atoms with van der Waals surface area (Å²) in [6.07, 6.45) is 2.48. The molecule has 0 spiro atoms. The van der Waals surface area contributed by atoms with Gasteiger partial charge in [-0.3, -0.25) is 4.67 Å². The van der Waals surface area contributed by atoms with Crippen LogP contribution in [0.25, 0.3) is 10.8 Å². The summed E-state index contributed by atoms with van der Waals surface area (Å²) >= 11 is 0. The summed E-state index contributed by atoms with van der Waals surface area (Å²) in [7, 11) is 4.40. The van der Waals surface area contributed by atoms with E-state index in [0.717, 1.165) is 11.3 Å². The number of hydrogen-bond donors (Lipinski definition) is 0. The van der Waals surface area contributed by atoms with Crippen molar-refractivity contribution in [2.24, 2.45) is 0 Å². The van der Waals surface area contributed by atoms with Crippen LogP contribution >= 0.6 is 14.7 Å². The van der Waals surface area contributed by atoms with E-state index in [1.807, 2.05) is 0 Å². The molecule has 1 heterocycles. The van der Waals surface area contributed by atoms with Gasteiger partial charge in [0, 0.05) is 10.7 Å². The van der Waals surface area contributed by atoms with Crippen molar-refractivity contribution < 1.29 is 0 Å². The van der Waals surface area contributed by atoms with E-state index in [2.05, 4.69) is 70.7 Å². The van der Waals surface area contributed by atoms with Crippen molar-refractivity contribution in [1.82, 2.24) is 4.67 Å². The molecule has 0 bridgehead atoms. The van der Waals surface area contributed by atoms with Gasteiger partial charge < -0.3 is 0 Å². The van der Waals surface area contributed by atoms with Gasteiger partial charge in [0.15, 0.2) is 7.76 Å². The van der Waals surface area contributed by atoms with Crippen molar-refractivity contribution in [3.8, 4) is 0 Å². The monoisotopic (exact) mass is 344 g/mol. The second kappa shape index (κ2) is 5.26. The predicted molar refractivity (Wildman–Crippen MR) is 108 cm³/mol.